The topological polar surface area (TPSA) is 110 Å². The van der Waals surface area contributed by atoms with Gasteiger partial charge in [0.25, 0.3) is 0 Å². The number of nitrogens with two attached hydrogens (primary N) is 1. The van der Waals surface area contributed by atoms with Crippen LogP contribution in [0.3, 0.4) is 0 Å². The van der Waals surface area contributed by atoms with Gasteiger partial charge in [-0.1, -0.05) is 76.1 Å². The van der Waals surface area contributed by atoms with Crippen LogP contribution in [-0.2, 0) is 10.2 Å². The van der Waals surface area contributed by atoms with Gasteiger partial charge in [0, 0.05) is 5.56 Å². The second-order valence-corrected chi connectivity index (χ2v) is 10.3. The molecule has 0 aliphatic heterocycles. The Bertz CT molecular complexity index is 932. The number of hydrogen-bond acceptors (Lipinski definition) is 6. The average Bonchev–Trinajstić information content (AvgIpc) is 3.08. The van der Waals surface area contributed by atoms with E-state index < -0.39 is 10.8 Å². The summed E-state index contributed by atoms with van der Waals surface area (Å²) < 4.78 is 1.42. The van der Waals surface area contributed by atoms with E-state index in [9.17, 15) is 10.1 Å². The largest absolute Gasteiger partial charge is 0.337 e. The minimum atomic E-state index is -0.750. The van der Waals surface area contributed by atoms with Crippen LogP contribution in [0.4, 0.5) is 0 Å². The second kappa shape index (κ2) is 8.68. The molecule has 160 valence electrons. The molecule has 7 nitrogen and oxygen atoms in total. The highest BCUT2D eigenvalue weighted by molar-refractivity contribution is 8.00. The molecule has 3 rings (SSSR count). The molecule has 1 amide bonds. The van der Waals surface area contributed by atoms with E-state index in [1.54, 1.807) is 6.92 Å². The van der Waals surface area contributed by atoms with Crippen LogP contribution in [0.2, 0.25) is 0 Å². The lowest BCUT2D eigenvalue weighted by Gasteiger charge is -2.32. The number of nitriles is 1. The number of hydrogen-bond donors (Lipinski definition) is 2. The summed E-state index contributed by atoms with van der Waals surface area (Å²) in [6.07, 6.45) is 4.44. The number of thioether (sulfide) groups is 1. The highest BCUT2D eigenvalue weighted by Gasteiger charge is 2.35. The second-order valence-electron chi connectivity index (χ2n) is 9.01. The number of nitrogen functional groups attached to an aromatic ring is 1. The number of amides is 1. The lowest BCUT2D eigenvalue weighted by molar-refractivity contribution is -0.121. The van der Waals surface area contributed by atoms with Gasteiger partial charge in [-0.2, -0.15) is 5.26 Å². The van der Waals surface area contributed by atoms with Crippen molar-refractivity contribution < 1.29 is 4.79 Å². The van der Waals surface area contributed by atoms with Gasteiger partial charge in [-0.05, 0) is 30.7 Å². The number of nitrogens with zero attached hydrogens (tertiary/aromatic N) is 4. The zero-order valence-electron chi connectivity index (χ0n) is 18.1. The Morgan fingerprint density at radius 3 is 2.43 bits per heavy atom. The number of rotatable bonds is 5. The summed E-state index contributed by atoms with van der Waals surface area (Å²) in [4.78, 5) is 12.7. The standard InChI is InChI=1S/C22H30N6OS/c1-15(19(29)25-22(14-23)12-6-5-7-13-22)30-20-27-26-18(28(20)24)16-8-10-17(11-9-16)21(2,3)4/h8-11,15H,5-7,12-13,24H2,1-4H3,(H,25,29)/t15-/m0/s1. The minimum Gasteiger partial charge on any atom is -0.337 e. The fourth-order valence-corrected chi connectivity index (χ4v) is 4.41. The first-order valence-corrected chi connectivity index (χ1v) is 11.2. The molecule has 0 bridgehead atoms. The molecule has 1 saturated carbocycles. The highest BCUT2D eigenvalue weighted by atomic mass is 32.2. The van der Waals surface area contributed by atoms with Crippen molar-refractivity contribution in [2.24, 2.45) is 0 Å². The third-order valence-corrected chi connectivity index (χ3v) is 6.67. The Balaban J connectivity index is 1.70. The molecule has 8 heteroatoms. The van der Waals surface area contributed by atoms with E-state index in [4.69, 9.17) is 5.84 Å². The van der Waals surface area contributed by atoms with Gasteiger partial charge in [-0.25, -0.2) is 4.68 Å². The van der Waals surface area contributed by atoms with Gasteiger partial charge in [0.2, 0.25) is 11.1 Å². The maximum Gasteiger partial charge on any atom is 0.234 e. The van der Waals surface area contributed by atoms with E-state index in [1.807, 2.05) is 12.1 Å². The van der Waals surface area contributed by atoms with Crippen LogP contribution in [0, 0.1) is 11.3 Å². The van der Waals surface area contributed by atoms with Crippen LogP contribution in [0.1, 0.15) is 65.4 Å². The number of nitrogens with one attached hydrogen (secondary N) is 1. The Hall–Kier alpha value is -2.53. The summed E-state index contributed by atoms with van der Waals surface area (Å²) in [7, 11) is 0. The normalized spacial score (nSPS) is 17.2. The predicted octanol–water partition coefficient (Wildman–Crippen LogP) is 3.78. The van der Waals surface area contributed by atoms with Gasteiger partial charge < -0.3 is 11.2 Å². The van der Waals surface area contributed by atoms with E-state index in [1.165, 1.54) is 22.0 Å². The molecule has 1 fully saturated rings. The molecule has 1 aromatic heterocycles. The summed E-state index contributed by atoms with van der Waals surface area (Å²) in [6, 6.07) is 10.4. The molecule has 3 N–H and O–H groups in total. The van der Waals surface area contributed by atoms with E-state index in [-0.39, 0.29) is 11.3 Å². The van der Waals surface area contributed by atoms with Crippen LogP contribution >= 0.6 is 11.8 Å². The fraction of sp³-hybridized carbons (Fsp3) is 0.545. The van der Waals surface area contributed by atoms with E-state index in [2.05, 4.69) is 54.5 Å². The van der Waals surface area contributed by atoms with Crippen LogP contribution in [0.5, 0.6) is 0 Å². The van der Waals surface area contributed by atoms with Crippen molar-refractivity contribution in [1.29, 1.82) is 5.26 Å². The van der Waals surface area contributed by atoms with Crippen molar-refractivity contribution in [2.45, 2.75) is 81.2 Å². The van der Waals surface area contributed by atoms with Gasteiger partial charge in [0.05, 0.1) is 11.3 Å². The molecule has 0 spiro atoms. The summed E-state index contributed by atoms with van der Waals surface area (Å²) in [5, 5.41) is 21.0. The van der Waals surface area contributed by atoms with E-state index in [0.717, 1.165) is 24.8 Å². The van der Waals surface area contributed by atoms with E-state index >= 15 is 0 Å². The van der Waals surface area contributed by atoms with Crippen molar-refractivity contribution in [1.82, 2.24) is 20.2 Å². The molecular weight excluding hydrogens is 396 g/mol. The third-order valence-electron chi connectivity index (χ3n) is 5.61. The van der Waals surface area contributed by atoms with Crippen molar-refractivity contribution in [3.8, 4) is 17.5 Å². The third kappa shape index (κ3) is 4.78. The van der Waals surface area contributed by atoms with Crippen LogP contribution in [-0.4, -0.2) is 31.6 Å². The summed E-state index contributed by atoms with van der Waals surface area (Å²) in [6.45, 7) is 8.29. The van der Waals surface area contributed by atoms with E-state index in [0.29, 0.717) is 23.8 Å². The average molecular weight is 427 g/mol. The predicted molar refractivity (Wildman–Crippen MR) is 119 cm³/mol. The lowest BCUT2D eigenvalue weighted by atomic mass is 9.83. The molecule has 30 heavy (non-hydrogen) atoms. The Morgan fingerprint density at radius 1 is 1.23 bits per heavy atom. The molecule has 1 aliphatic rings. The van der Waals surface area contributed by atoms with Crippen LogP contribution in [0.25, 0.3) is 11.4 Å². The van der Waals surface area contributed by atoms with Crippen molar-refractivity contribution >= 4 is 17.7 Å². The maximum atomic E-state index is 12.7. The maximum absolute atomic E-state index is 12.7. The number of benzene rings is 1. The number of aromatic nitrogens is 3. The summed E-state index contributed by atoms with van der Waals surface area (Å²) >= 11 is 1.24. The van der Waals surface area contributed by atoms with Gasteiger partial charge in [-0.15, -0.1) is 10.2 Å². The number of carbonyl (C=O) groups excluding carboxylic acids is 1. The molecule has 1 aliphatic carbocycles. The molecule has 1 aromatic carbocycles. The SMILES string of the molecule is C[C@H](Sc1nnc(-c2ccc(C(C)(C)C)cc2)n1N)C(=O)NC1(C#N)CCCCC1. The molecule has 0 unspecified atom stereocenters. The monoisotopic (exact) mass is 426 g/mol. The molecule has 1 heterocycles. The van der Waals surface area contributed by atoms with Crippen molar-refractivity contribution in [3.05, 3.63) is 29.8 Å². The van der Waals surface area contributed by atoms with Gasteiger partial charge >= 0.3 is 0 Å². The number of carbonyl (C=O) groups is 1. The Labute approximate surface area is 182 Å². The molecule has 0 radical (unpaired) electrons. The quantitative estimate of drug-likeness (QED) is 0.556. The Morgan fingerprint density at radius 2 is 1.87 bits per heavy atom. The lowest BCUT2D eigenvalue weighted by Crippen LogP contribution is -2.51. The molecular formula is C22H30N6OS. The van der Waals surface area contributed by atoms with Crippen LogP contribution < -0.4 is 11.2 Å². The zero-order valence-corrected chi connectivity index (χ0v) is 18.9. The van der Waals surface area contributed by atoms with Gasteiger partial charge in [0.1, 0.15) is 5.54 Å². The first-order valence-electron chi connectivity index (χ1n) is 10.4. The van der Waals surface area contributed by atoms with Crippen molar-refractivity contribution in [3.63, 3.8) is 0 Å². The Kier molecular flexibility index (Phi) is 6.41. The van der Waals surface area contributed by atoms with Gasteiger partial charge in [-0.3, -0.25) is 4.79 Å². The first kappa shape index (κ1) is 22.2. The smallest absolute Gasteiger partial charge is 0.234 e. The fourth-order valence-electron chi connectivity index (χ4n) is 3.64. The summed E-state index contributed by atoms with van der Waals surface area (Å²) in [5.74, 6) is 6.60. The molecule has 0 saturated heterocycles. The van der Waals surface area contributed by atoms with Crippen LogP contribution in [0.15, 0.2) is 29.4 Å². The summed E-state index contributed by atoms with van der Waals surface area (Å²) in [5.41, 5.74) is 1.41. The first-order chi connectivity index (χ1) is 14.1. The highest BCUT2D eigenvalue weighted by Crippen LogP contribution is 2.30. The van der Waals surface area contributed by atoms with Gasteiger partial charge in [0.15, 0.2) is 5.82 Å². The molecule has 1 atom stereocenters. The van der Waals surface area contributed by atoms with Crippen molar-refractivity contribution in [2.75, 3.05) is 5.84 Å². The zero-order chi connectivity index (χ0) is 21.9. The molecule has 2 aromatic rings. The minimum absolute atomic E-state index is 0.0673.